The largest absolute Gasteiger partial charge is 0.506 e. The van der Waals surface area contributed by atoms with Crippen LogP contribution in [-0.4, -0.2) is 8.42 Å². The quantitative estimate of drug-likeness (QED) is 0.570. The summed E-state index contributed by atoms with van der Waals surface area (Å²) < 4.78 is 43.7. The van der Waals surface area contributed by atoms with E-state index in [2.05, 4.69) is 0 Å². The van der Waals surface area contributed by atoms with Crippen LogP contribution in [0.4, 0.5) is 4.39 Å². The molecule has 1 aromatic rings. The Balaban J connectivity index is 3.40. The van der Waals surface area contributed by atoms with E-state index in [0.717, 1.165) is 18.2 Å². The summed E-state index contributed by atoms with van der Waals surface area (Å²) in [7, 11) is -2.90. The number of hydrogen-bond acceptors (Lipinski definition) is 3. The molecule has 0 spiro atoms. The number of thiol groups is 1. The lowest BCUT2D eigenvalue weighted by Gasteiger charge is -1.87. The highest BCUT2D eigenvalue weighted by Crippen LogP contribution is 2.12. The van der Waals surface area contributed by atoms with Gasteiger partial charge in [0.1, 0.15) is 10.7 Å². The molecule has 0 N–H and O–H groups in total. The molecule has 0 saturated carbocycles. The summed E-state index contributed by atoms with van der Waals surface area (Å²) in [6.45, 7) is 0. The fraction of sp³-hybridized carbons (Fsp3) is 0. The Kier molecular flexibility index (Phi) is 2.83. The molecule has 3 nitrogen and oxygen atoms in total. The minimum Gasteiger partial charge on any atom is -0.227 e. The Hall–Kier alpha value is -0.880. The standard InChI is InChI=1S/C6H4FO3S2/c7-4-1-2-5(11-8)6(3-4)12(9)10/h1-3,12H/q+1. The van der Waals surface area contributed by atoms with Crippen LogP contribution < -0.4 is 0 Å². The first-order valence-corrected chi connectivity index (χ1v) is 4.81. The first-order valence-electron chi connectivity index (χ1n) is 2.89. The van der Waals surface area contributed by atoms with E-state index in [1.54, 1.807) is 0 Å². The monoisotopic (exact) mass is 207 g/mol. The van der Waals surface area contributed by atoms with Gasteiger partial charge in [0.15, 0.2) is 10.7 Å². The zero-order valence-electron chi connectivity index (χ0n) is 5.69. The van der Waals surface area contributed by atoms with Crippen LogP contribution in [0.15, 0.2) is 28.0 Å². The van der Waals surface area contributed by atoms with Gasteiger partial charge in [0.05, 0.1) is 0 Å². The van der Waals surface area contributed by atoms with Gasteiger partial charge in [-0.1, -0.05) is 0 Å². The Labute approximate surface area is 73.7 Å². The molecular formula is C6H4FO3S2+. The molecule has 0 atom stereocenters. The van der Waals surface area contributed by atoms with E-state index in [0.29, 0.717) is 0 Å². The van der Waals surface area contributed by atoms with Gasteiger partial charge in [0.2, 0.25) is 0 Å². The van der Waals surface area contributed by atoms with Gasteiger partial charge in [-0.15, -0.1) is 0 Å². The van der Waals surface area contributed by atoms with Gasteiger partial charge in [-0.3, -0.25) is 0 Å². The van der Waals surface area contributed by atoms with Crippen molar-refractivity contribution in [3.63, 3.8) is 0 Å². The van der Waals surface area contributed by atoms with E-state index in [9.17, 15) is 17.0 Å². The van der Waals surface area contributed by atoms with Gasteiger partial charge in [-0.05, 0) is 12.1 Å². The topological polar surface area (TPSA) is 51.2 Å². The molecule has 0 aliphatic heterocycles. The fourth-order valence-corrected chi connectivity index (χ4v) is 1.79. The predicted octanol–water partition coefficient (Wildman–Crippen LogP) is 0.583. The zero-order chi connectivity index (χ0) is 9.14. The molecule has 0 saturated heterocycles. The van der Waals surface area contributed by atoms with Gasteiger partial charge >= 0.3 is 16.6 Å². The molecule has 0 bridgehead atoms. The van der Waals surface area contributed by atoms with Crippen molar-refractivity contribution < 1.29 is 17.0 Å². The maximum absolute atomic E-state index is 12.5. The smallest absolute Gasteiger partial charge is 0.227 e. The molecule has 64 valence electrons. The second kappa shape index (κ2) is 3.68. The van der Waals surface area contributed by atoms with E-state index in [1.165, 1.54) is 0 Å². The third-order valence-corrected chi connectivity index (χ3v) is 2.66. The van der Waals surface area contributed by atoms with Crippen molar-refractivity contribution in [1.29, 1.82) is 0 Å². The van der Waals surface area contributed by atoms with Crippen LogP contribution in [0.3, 0.4) is 0 Å². The van der Waals surface area contributed by atoms with Crippen LogP contribution in [0, 0.1) is 5.82 Å². The van der Waals surface area contributed by atoms with Crippen molar-refractivity contribution in [1.82, 2.24) is 0 Å². The molecule has 6 heteroatoms. The van der Waals surface area contributed by atoms with Gasteiger partial charge in [-0.25, -0.2) is 12.8 Å². The van der Waals surface area contributed by atoms with E-state index >= 15 is 0 Å². The molecule has 0 fully saturated rings. The molecule has 0 aliphatic rings. The molecule has 12 heavy (non-hydrogen) atoms. The highest BCUT2D eigenvalue weighted by atomic mass is 32.2. The van der Waals surface area contributed by atoms with Crippen molar-refractivity contribution in [3.8, 4) is 0 Å². The Morgan fingerprint density at radius 2 is 2.00 bits per heavy atom. The number of rotatable bonds is 2. The molecule has 1 aromatic carbocycles. The minimum atomic E-state index is -2.90. The summed E-state index contributed by atoms with van der Waals surface area (Å²) in [4.78, 5) is -0.238. The number of benzene rings is 1. The molecule has 0 heterocycles. The lowest BCUT2D eigenvalue weighted by atomic mass is 10.3. The van der Waals surface area contributed by atoms with Crippen molar-refractivity contribution in [2.75, 3.05) is 0 Å². The molecule has 0 unspecified atom stereocenters. The molecule has 0 aliphatic carbocycles. The van der Waals surface area contributed by atoms with Crippen LogP contribution in [0.2, 0.25) is 0 Å². The van der Waals surface area contributed by atoms with E-state index < -0.39 is 16.5 Å². The van der Waals surface area contributed by atoms with E-state index in [1.807, 2.05) is 0 Å². The molecule has 0 radical (unpaired) electrons. The molecule has 1 rings (SSSR count). The highest BCUT2D eigenvalue weighted by molar-refractivity contribution is 7.73. The summed E-state index contributed by atoms with van der Waals surface area (Å²) in [5, 5.41) is 0. The first kappa shape index (κ1) is 9.21. The lowest BCUT2D eigenvalue weighted by molar-refractivity contribution is 0.594. The average molecular weight is 207 g/mol. The van der Waals surface area contributed by atoms with Gasteiger partial charge < -0.3 is 0 Å². The molecule has 0 amide bonds. The summed E-state index contributed by atoms with van der Waals surface area (Å²) in [5.74, 6) is -0.665. The summed E-state index contributed by atoms with van der Waals surface area (Å²) in [6, 6.07) is 3.02. The average Bonchev–Trinajstić information content (AvgIpc) is 2.04. The second-order valence-electron chi connectivity index (χ2n) is 1.95. The highest BCUT2D eigenvalue weighted by Gasteiger charge is 2.16. The van der Waals surface area contributed by atoms with Crippen LogP contribution in [-0.2, 0) is 26.6 Å². The zero-order valence-corrected chi connectivity index (χ0v) is 7.40. The van der Waals surface area contributed by atoms with Crippen molar-refractivity contribution >= 4 is 22.4 Å². The predicted molar refractivity (Wildman–Crippen MR) is 41.3 cm³/mol. The van der Waals surface area contributed by atoms with E-state index in [-0.39, 0.29) is 21.5 Å². The Morgan fingerprint density at radius 1 is 1.33 bits per heavy atom. The molecule has 0 aromatic heterocycles. The summed E-state index contributed by atoms with van der Waals surface area (Å²) >= 11 is 0.0320. The first-order chi connectivity index (χ1) is 5.65. The van der Waals surface area contributed by atoms with Gasteiger partial charge in [0, 0.05) is 10.3 Å². The SMILES string of the molecule is O=[S+]c1ccc(F)cc1[SH](=O)=O. The fourth-order valence-electron chi connectivity index (χ4n) is 0.704. The molecular weight excluding hydrogens is 203 g/mol. The van der Waals surface area contributed by atoms with Crippen LogP contribution >= 0.6 is 0 Å². The second-order valence-corrected chi connectivity index (χ2v) is 3.56. The normalized spacial score (nSPS) is 10.2. The third-order valence-electron chi connectivity index (χ3n) is 1.21. The number of halogens is 1. The summed E-state index contributed by atoms with van der Waals surface area (Å²) in [6.07, 6.45) is 0. The third kappa shape index (κ3) is 1.83. The minimum absolute atomic E-state index is 0.0208. The lowest BCUT2D eigenvalue weighted by Crippen LogP contribution is -1.88. The van der Waals surface area contributed by atoms with Crippen LogP contribution in [0.5, 0.6) is 0 Å². The van der Waals surface area contributed by atoms with Gasteiger partial charge in [-0.2, -0.15) is 0 Å². The number of hydrogen-bond donors (Lipinski definition) is 1. The maximum Gasteiger partial charge on any atom is 0.506 e. The van der Waals surface area contributed by atoms with Crippen molar-refractivity contribution in [2.24, 2.45) is 0 Å². The Morgan fingerprint density at radius 3 is 2.50 bits per heavy atom. The Bertz CT molecular complexity index is 378. The van der Waals surface area contributed by atoms with Crippen molar-refractivity contribution in [3.05, 3.63) is 24.0 Å². The van der Waals surface area contributed by atoms with E-state index in [4.69, 9.17) is 0 Å². The van der Waals surface area contributed by atoms with Crippen LogP contribution in [0.25, 0.3) is 0 Å². The van der Waals surface area contributed by atoms with Gasteiger partial charge in [0.25, 0.3) is 0 Å². The summed E-state index contributed by atoms with van der Waals surface area (Å²) in [5.41, 5.74) is 0. The van der Waals surface area contributed by atoms with Crippen LogP contribution in [0.1, 0.15) is 0 Å². The maximum atomic E-state index is 12.5. The van der Waals surface area contributed by atoms with Crippen molar-refractivity contribution in [2.45, 2.75) is 9.79 Å².